The summed E-state index contributed by atoms with van der Waals surface area (Å²) in [5, 5.41) is 2.83. The smallest absolute Gasteiger partial charge is 0.246 e. The number of carbonyl (C=O) groups excluding carboxylic acids is 2. The summed E-state index contributed by atoms with van der Waals surface area (Å²) in [4.78, 5) is 30.8. The van der Waals surface area contributed by atoms with Crippen molar-refractivity contribution in [3.63, 3.8) is 0 Å². The molecule has 0 fully saturated rings. The maximum atomic E-state index is 12.8. The van der Waals surface area contributed by atoms with Gasteiger partial charge >= 0.3 is 0 Å². The van der Waals surface area contributed by atoms with Crippen LogP contribution < -0.4 is 5.32 Å². The third kappa shape index (κ3) is 5.42. The number of aromatic nitrogens is 2. The fourth-order valence-electron chi connectivity index (χ4n) is 2.92. The number of carbonyl (C=O) groups is 2. The molecular weight excluding hydrogens is 352 g/mol. The quantitative estimate of drug-likeness (QED) is 0.370. The zero-order valence-corrected chi connectivity index (χ0v) is 16.5. The molecule has 0 aliphatic rings. The topological polar surface area (TPSA) is 67.2 Å². The molecule has 6 heteroatoms. The largest absolute Gasteiger partial charge is 0.352 e. The Kier molecular flexibility index (Phi) is 7.75. The standard InChI is InChI=1S/C22H28N4O2/c1-5-14-25(15-6-2)21(27)16-26-19-11-8-7-10-18(19)24-20(26)12-9-13-23-22(28)17(3)4/h5-8,10-11H,1-3,9,12-16H2,4H3,(H,23,28). The van der Waals surface area contributed by atoms with Gasteiger partial charge in [0.25, 0.3) is 0 Å². The highest BCUT2D eigenvalue weighted by Gasteiger charge is 2.17. The maximum Gasteiger partial charge on any atom is 0.246 e. The van der Waals surface area contributed by atoms with E-state index in [9.17, 15) is 9.59 Å². The number of para-hydroxylation sites is 2. The second-order valence-corrected chi connectivity index (χ2v) is 6.62. The zero-order valence-electron chi connectivity index (χ0n) is 16.5. The molecule has 28 heavy (non-hydrogen) atoms. The molecule has 1 N–H and O–H groups in total. The van der Waals surface area contributed by atoms with Crippen molar-refractivity contribution in [3.8, 4) is 0 Å². The molecule has 0 saturated carbocycles. The number of hydrogen-bond acceptors (Lipinski definition) is 3. The van der Waals surface area contributed by atoms with E-state index in [0.29, 0.717) is 31.6 Å². The molecule has 0 aliphatic carbocycles. The van der Waals surface area contributed by atoms with E-state index in [2.05, 4.69) is 25.1 Å². The highest BCUT2D eigenvalue weighted by molar-refractivity contribution is 5.92. The molecule has 6 nitrogen and oxygen atoms in total. The van der Waals surface area contributed by atoms with Crippen molar-refractivity contribution >= 4 is 22.8 Å². The van der Waals surface area contributed by atoms with Crippen molar-refractivity contribution < 1.29 is 9.59 Å². The van der Waals surface area contributed by atoms with Crippen LogP contribution in [0.5, 0.6) is 0 Å². The Balaban J connectivity index is 2.16. The summed E-state index contributed by atoms with van der Waals surface area (Å²) in [5.74, 6) is 0.671. The van der Waals surface area contributed by atoms with Crippen molar-refractivity contribution in [1.29, 1.82) is 0 Å². The SMILES string of the molecule is C=CCN(CC=C)C(=O)Cn1c(CCCNC(=O)C(=C)C)nc2ccccc21. The van der Waals surface area contributed by atoms with Gasteiger partial charge in [-0.25, -0.2) is 4.98 Å². The van der Waals surface area contributed by atoms with Crippen molar-refractivity contribution in [2.24, 2.45) is 0 Å². The van der Waals surface area contributed by atoms with Crippen LogP contribution >= 0.6 is 0 Å². The molecule has 2 rings (SSSR count). The molecule has 0 atom stereocenters. The number of aryl methyl sites for hydroxylation is 1. The summed E-state index contributed by atoms with van der Waals surface area (Å²) in [7, 11) is 0. The van der Waals surface area contributed by atoms with E-state index < -0.39 is 0 Å². The molecule has 2 aromatic rings. The Hall–Kier alpha value is -3.15. The molecule has 0 saturated heterocycles. The Morgan fingerprint density at radius 3 is 2.54 bits per heavy atom. The minimum absolute atomic E-state index is 0.0141. The summed E-state index contributed by atoms with van der Waals surface area (Å²) in [6.07, 6.45) is 4.79. The Morgan fingerprint density at radius 1 is 1.21 bits per heavy atom. The second kappa shape index (κ2) is 10.3. The molecule has 0 bridgehead atoms. The van der Waals surface area contributed by atoms with Crippen molar-refractivity contribution in [1.82, 2.24) is 19.8 Å². The first-order valence-electron chi connectivity index (χ1n) is 9.35. The van der Waals surface area contributed by atoms with E-state index in [-0.39, 0.29) is 18.4 Å². The van der Waals surface area contributed by atoms with Gasteiger partial charge in [0.2, 0.25) is 11.8 Å². The lowest BCUT2D eigenvalue weighted by Gasteiger charge is -2.20. The van der Waals surface area contributed by atoms with Crippen LogP contribution in [0.1, 0.15) is 19.2 Å². The van der Waals surface area contributed by atoms with E-state index in [1.807, 2.05) is 28.8 Å². The maximum absolute atomic E-state index is 12.8. The molecule has 2 amide bonds. The second-order valence-electron chi connectivity index (χ2n) is 6.62. The van der Waals surface area contributed by atoms with Crippen LogP contribution in [0.15, 0.2) is 61.7 Å². The van der Waals surface area contributed by atoms with Crippen molar-refractivity contribution in [3.05, 3.63) is 67.6 Å². The third-order valence-corrected chi connectivity index (χ3v) is 4.33. The summed E-state index contributed by atoms with van der Waals surface area (Å²) < 4.78 is 1.96. The van der Waals surface area contributed by atoms with Gasteiger partial charge in [0.15, 0.2) is 0 Å². The van der Waals surface area contributed by atoms with Gasteiger partial charge < -0.3 is 14.8 Å². The lowest BCUT2D eigenvalue weighted by Crippen LogP contribution is -2.34. The van der Waals surface area contributed by atoms with E-state index in [1.54, 1.807) is 24.0 Å². The fourth-order valence-corrected chi connectivity index (χ4v) is 2.92. The Morgan fingerprint density at radius 2 is 1.89 bits per heavy atom. The average Bonchev–Trinajstić information content (AvgIpc) is 3.02. The highest BCUT2D eigenvalue weighted by atomic mass is 16.2. The minimum Gasteiger partial charge on any atom is -0.352 e. The molecular formula is C22H28N4O2. The summed E-state index contributed by atoms with van der Waals surface area (Å²) in [5.41, 5.74) is 2.27. The molecule has 148 valence electrons. The van der Waals surface area contributed by atoms with Crippen molar-refractivity contribution in [2.75, 3.05) is 19.6 Å². The summed E-state index contributed by atoms with van der Waals surface area (Å²) in [6, 6.07) is 7.77. The average molecular weight is 380 g/mol. The number of hydrogen-bond donors (Lipinski definition) is 1. The number of amides is 2. The van der Waals surface area contributed by atoms with Gasteiger partial charge in [-0.05, 0) is 25.5 Å². The van der Waals surface area contributed by atoms with Gasteiger partial charge in [0, 0.05) is 31.6 Å². The van der Waals surface area contributed by atoms with Gasteiger partial charge in [-0.3, -0.25) is 9.59 Å². The molecule has 0 spiro atoms. The Bertz CT molecular complexity index is 872. The van der Waals surface area contributed by atoms with Crippen LogP contribution in [0.25, 0.3) is 11.0 Å². The molecule has 1 heterocycles. The van der Waals surface area contributed by atoms with Crippen LogP contribution in [0.4, 0.5) is 0 Å². The number of imidazole rings is 1. The van der Waals surface area contributed by atoms with Crippen LogP contribution in [0, 0.1) is 0 Å². The van der Waals surface area contributed by atoms with Crippen LogP contribution in [0.3, 0.4) is 0 Å². The first-order chi connectivity index (χ1) is 13.5. The predicted octanol–water partition coefficient (Wildman–Crippen LogP) is 2.86. The number of fused-ring (bicyclic) bond motifs is 1. The van der Waals surface area contributed by atoms with E-state index >= 15 is 0 Å². The minimum atomic E-state index is -0.145. The van der Waals surface area contributed by atoms with Crippen molar-refractivity contribution in [2.45, 2.75) is 26.3 Å². The monoisotopic (exact) mass is 380 g/mol. The van der Waals surface area contributed by atoms with Gasteiger partial charge in [0.1, 0.15) is 12.4 Å². The molecule has 0 radical (unpaired) electrons. The number of rotatable bonds is 11. The number of benzene rings is 1. The molecule has 1 aromatic carbocycles. The van der Waals surface area contributed by atoms with Gasteiger partial charge in [-0.2, -0.15) is 0 Å². The van der Waals surface area contributed by atoms with E-state index in [4.69, 9.17) is 4.98 Å². The first-order valence-corrected chi connectivity index (χ1v) is 9.35. The lowest BCUT2D eigenvalue weighted by molar-refractivity contribution is -0.130. The van der Waals surface area contributed by atoms with E-state index in [0.717, 1.165) is 23.3 Å². The number of nitrogens with one attached hydrogen (secondary N) is 1. The van der Waals surface area contributed by atoms with Crippen LogP contribution in [0.2, 0.25) is 0 Å². The molecule has 0 aliphatic heterocycles. The third-order valence-electron chi connectivity index (χ3n) is 4.33. The zero-order chi connectivity index (χ0) is 20.5. The predicted molar refractivity (Wildman–Crippen MR) is 113 cm³/mol. The summed E-state index contributed by atoms with van der Waals surface area (Å²) >= 11 is 0. The van der Waals surface area contributed by atoms with Crippen LogP contribution in [-0.2, 0) is 22.6 Å². The normalized spacial score (nSPS) is 10.5. The van der Waals surface area contributed by atoms with E-state index in [1.165, 1.54) is 0 Å². The molecule has 0 unspecified atom stereocenters. The number of nitrogens with zero attached hydrogens (tertiary/aromatic N) is 3. The molecule has 1 aromatic heterocycles. The first kappa shape index (κ1) is 21.2. The lowest BCUT2D eigenvalue weighted by atomic mass is 10.2. The van der Waals surface area contributed by atoms with Gasteiger partial charge in [-0.1, -0.05) is 30.9 Å². The van der Waals surface area contributed by atoms with Crippen LogP contribution in [-0.4, -0.2) is 45.9 Å². The summed E-state index contributed by atoms with van der Waals surface area (Å²) in [6.45, 7) is 14.4. The highest BCUT2D eigenvalue weighted by Crippen LogP contribution is 2.17. The van der Waals surface area contributed by atoms with Gasteiger partial charge in [-0.15, -0.1) is 13.2 Å². The Labute approximate surface area is 166 Å². The van der Waals surface area contributed by atoms with Gasteiger partial charge in [0.05, 0.1) is 11.0 Å². The fraction of sp³-hybridized carbons (Fsp3) is 0.318.